The largest absolute Gasteiger partial charge is 0.492 e. The summed E-state index contributed by atoms with van der Waals surface area (Å²) in [6.45, 7) is 3.75. The summed E-state index contributed by atoms with van der Waals surface area (Å²) in [7, 11) is 0. The van der Waals surface area contributed by atoms with E-state index in [9.17, 15) is 15.5 Å². The summed E-state index contributed by atoms with van der Waals surface area (Å²) in [5.74, 6) is 1.10. The first-order valence-corrected chi connectivity index (χ1v) is 10.4. The number of aliphatic hydroxyl groups excluding tert-OH is 2. The van der Waals surface area contributed by atoms with E-state index in [1.54, 1.807) is 18.3 Å². The van der Waals surface area contributed by atoms with Crippen LogP contribution in [0.15, 0.2) is 36.7 Å². The Morgan fingerprint density at radius 3 is 3.00 bits per heavy atom. The molecule has 2 aromatic heterocycles. The minimum Gasteiger partial charge on any atom is -0.492 e. The Morgan fingerprint density at radius 2 is 2.16 bits per heavy atom. The Kier molecular flexibility index (Phi) is 5.02. The van der Waals surface area contributed by atoms with Crippen LogP contribution in [0.3, 0.4) is 0 Å². The summed E-state index contributed by atoms with van der Waals surface area (Å²) in [4.78, 5) is 4.47. The maximum absolute atomic E-state index is 10.8. The molecule has 160 valence electrons. The Balaban J connectivity index is 1.46. The molecule has 8 nitrogen and oxygen atoms in total. The first-order valence-electron chi connectivity index (χ1n) is 10.4. The van der Waals surface area contributed by atoms with Crippen molar-refractivity contribution in [2.24, 2.45) is 0 Å². The third-order valence-electron chi connectivity index (χ3n) is 6.20. The quantitative estimate of drug-likeness (QED) is 0.592. The van der Waals surface area contributed by atoms with Crippen molar-refractivity contribution in [3.8, 4) is 17.6 Å². The minimum atomic E-state index is -1.08. The second-order valence-electron chi connectivity index (χ2n) is 8.12. The number of hydrogen-bond donors (Lipinski definition) is 3. The van der Waals surface area contributed by atoms with Crippen molar-refractivity contribution in [1.29, 1.82) is 5.26 Å². The normalized spacial score (nSPS) is 25.5. The molecular formula is C23H24N4O4. The fourth-order valence-electron chi connectivity index (χ4n) is 4.52. The van der Waals surface area contributed by atoms with Gasteiger partial charge in [-0.3, -0.25) is 0 Å². The van der Waals surface area contributed by atoms with Crippen molar-refractivity contribution < 1.29 is 19.7 Å². The van der Waals surface area contributed by atoms with Gasteiger partial charge in [0.1, 0.15) is 42.1 Å². The van der Waals surface area contributed by atoms with E-state index >= 15 is 0 Å². The number of aliphatic hydroxyl groups is 2. The number of nitrogens with one attached hydrogen (secondary N) is 1. The Labute approximate surface area is 179 Å². The average molecular weight is 420 g/mol. The molecule has 8 heteroatoms. The Bertz CT molecular complexity index is 1170. The van der Waals surface area contributed by atoms with E-state index in [4.69, 9.17) is 9.47 Å². The SMILES string of the molecule is Cc1ccnc2c1ccn2[C@@H]1C[C@H](Oc2cc(C#N)cc3c2CNCCO3)[C@@H](O)[C@H]1O. The molecule has 4 atom stereocenters. The van der Waals surface area contributed by atoms with Gasteiger partial charge in [-0.15, -0.1) is 0 Å². The molecule has 0 spiro atoms. The standard InChI is InChI=1S/C23H24N4O4/c1-13-2-4-26-23-15(13)3-6-27(23)17-10-20(22(29)21(17)28)31-19-9-14(11-24)8-18-16(19)12-25-5-7-30-18/h2-4,6,8-9,17,20-22,25,28-29H,5,7,10,12H2,1H3/t17-,20+,21+,22-/m1/s1. The van der Waals surface area contributed by atoms with Crippen LogP contribution in [0.1, 0.15) is 29.2 Å². The van der Waals surface area contributed by atoms with Crippen molar-refractivity contribution in [2.75, 3.05) is 13.2 Å². The van der Waals surface area contributed by atoms with E-state index in [2.05, 4.69) is 16.4 Å². The van der Waals surface area contributed by atoms with Gasteiger partial charge in [0.2, 0.25) is 0 Å². The van der Waals surface area contributed by atoms with Crippen LogP contribution in [0.25, 0.3) is 11.0 Å². The number of aryl methyl sites for hydroxylation is 1. The summed E-state index contributed by atoms with van der Waals surface area (Å²) in [5.41, 5.74) is 3.12. The molecule has 1 aliphatic carbocycles. The van der Waals surface area contributed by atoms with Gasteiger partial charge in [-0.25, -0.2) is 4.98 Å². The molecule has 0 bridgehead atoms. The van der Waals surface area contributed by atoms with Crippen molar-refractivity contribution >= 4 is 11.0 Å². The summed E-state index contributed by atoms with van der Waals surface area (Å²) < 4.78 is 13.9. The number of nitrogens with zero attached hydrogens (tertiary/aromatic N) is 3. The molecule has 1 saturated carbocycles. The van der Waals surface area contributed by atoms with Gasteiger partial charge in [-0.05, 0) is 36.8 Å². The van der Waals surface area contributed by atoms with Gasteiger partial charge in [0.25, 0.3) is 0 Å². The number of pyridine rings is 1. The van der Waals surface area contributed by atoms with Crippen LogP contribution in [0.4, 0.5) is 0 Å². The van der Waals surface area contributed by atoms with Gasteiger partial charge >= 0.3 is 0 Å². The summed E-state index contributed by atoms with van der Waals surface area (Å²) in [5, 5.41) is 35.3. The minimum absolute atomic E-state index is 0.376. The monoisotopic (exact) mass is 420 g/mol. The highest BCUT2D eigenvalue weighted by molar-refractivity contribution is 5.79. The predicted octanol–water partition coefficient (Wildman–Crippen LogP) is 1.81. The third-order valence-corrected chi connectivity index (χ3v) is 6.20. The zero-order chi connectivity index (χ0) is 21.5. The third kappa shape index (κ3) is 3.41. The molecule has 1 aromatic carbocycles. The highest BCUT2D eigenvalue weighted by atomic mass is 16.5. The van der Waals surface area contributed by atoms with Gasteiger partial charge in [0.05, 0.1) is 23.2 Å². The topological polar surface area (TPSA) is 113 Å². The maximum Gasteiger partial charge on any atom is 0.140 e. The van der Waals surface area contributed by atoms with Gasteiger partial charge < -0.3 is 29.6 Å². The lowest BCUT2D eigenvalue weighted by Crippen LogP contribution is -2.34. The second kappa shape index (κ2) is 7.85. The van der Waals surface area contributed by atoms with Gasteiger partial charge in [-0.1, -0.05) is 0 Å². The summed E-state index contributed by atoms with van der Waals surface area (Å²) in [6, 6.07) is 9.05. The number of hydrogen-bond acceptors (Lipinski definition) is 7. The van der Waals surface area contributed by atoms with Crippen molar-refractivity contribution in [3.63, 3.8) is 0 Å². The van der Waals surface area contributed by atoms with Crippen LogP contribution >= 0.6 is 0 Å². The average Bonchev–Trinajstić information content (AvgIpc) is 3.21. The summed E-state index contributed by atoms with van der Waals surface area (Å²) >= 11 is 0. The number of rotatable bonds is 3. The molecule has 0 radical (unpaired) electrons. The Hall–Kier alpha value is -3.12. The maximum atomic E-state index is 10.8. The zero-order valence-electron chi connectivity index (χ0n) is 17.2. The van der Waals surface area contributed by atoms with Crippen molar-refractivity contribution in [3.05, 3.63) is 53.3 Å². The van der Waals surface area contributed by atoms with Gasteiger partial charge in [0.15, 0.2) is 0 Å². The highest BCUT2D eigenvalue weighted by Crippen LogP contribution is 2.39. The predicted molar refractivity (Wildman–Crippen MR) is 113 cm³/mol. The lowest BCUT2D eigenvalue weighted by molar-refractivity contribution is -0.0166. The molecule has 1 fully saturated rings. The fourth-order valence-corrected chi connectivity index (χ4v) is 4.52. The lowest BCUT2D eigenvalue weighted by Gasteiger charge is -2.21. The first kappa shape index (κ1) is 19.8. The molecule has 5 rings (SSSR count). The molecule has 2 aliphatic rings. The number of ether oxygens (including phenoxy) is 2. The van der Waals surface area contributed by atoms with E-state index in [1.165, 1.54) is 0 Å². The molecule has 3 N–H and O–H groups in total. The van der Waals surface area contributed by atoms with E-state index in [-0.39, 0.29) is 6.04 Å². The molecule has 3 heterocycles. The summed E-state index contributed by atoms with van der Waals surface area (Å²) in [6.07, 6.45) is 1.33. The van der Waals surface area contributed by atoms with Gasteiger partial charge in [0, 0.05) is 37.3 Å². The zero-order valence-corrected chi connectivity index (χ0v) is 17.2. The van der Waals surface area contributed by atoms with Crippen LogP contribution in [-0.4, -0.2) is 51.2 Å². The highest BCUT2D eigenvalue weighted by Gasteiger charge is 2.44. The van der Waals surface area contributed by atoms with Crippen LogP contribution < -0.4 is 14.8 Å². The smallest absolute Gasteiger partial charge is 0.140 e. The first-order chi connectivity index (χ1) is 15.1. The van der Waals surface area contributed by atoms with Crippen molar-refractivity contribution in [1.82, 2.24) is 14.9 Å². The van der Waals surface area contributed by atoms with Gasteiger partial charge in [-0.2, -0.15) is 5.26 Å². The molecule has 1 aliphatic heterocycles. The molecular weight excluding hydrogens is 396 g/mol. The number of aromatic nitrogens is 2. The molecule has 3 aromatic rings. The van der Waals surface area contributed by atoms with Crippen LogP contribution in [0.2, 0.25) is 0 Å². The van der Waals surface area contributed by atoms with Crippen LogP contribution in [0.5, 0.6) is 11.5 Å². The van der Waals surface area contributed by atoms with Crippen LogP contribution in [-0.2, 0) is 6.54 Å². The van der Waals surface area contributed by atoms with Crippen LogP contribution in [0, 0.1) is 18.3 Å². The van der Waals surface area contributed by atoms with E-state index in [1.807, 2.05) is 29.8 Å². The molecule has 31 heavy (non-hydrogen) atoms. The number of fused-ring (bicyclic) bond motifs is 2. The second-order valence-corrected chi connectivity index (χ2v) is 8.12. The fraction of sp³-hybridized carbons (Fsp3) is 0.391. The molecule has 0 saturated heterocycles. The number of nitriles is 1. The number of benzene rings is 1. The lowest BCUT2D eigenvalue weighted by atomic mass is 10.1. The van der Waals surface area contributed by atoms with E-state index in [0.29, 0.717) is 43.2 Å². The van der Waals surface area contributed by atoms with E-state index in [0.717, 1.165) is 22.2 Å². The van der Waals surface area contributed by atoms with Crippen molar-refractivity contribution in [2.45, 2.75) is 44.2 Å². The van der Waals surface area contributed by atoms with E-state index < -0.39 is 18.3 Å². The molecule has 0 amide bonds. The molecule has 0 unspecified atom stereocenters. The Morgan fingerprint density at radius 1 is 1.29 bits per heavy atom.